The molecule has 0 heterocycles. The van der Waals surface area contributed by atoms with Gasteiger partial charge in [-0.2, -0.15) is 0 Å². The van der Waals surface area contributed by atoms with Crippen LogP contribution in [0.15, 0.2) is 30.3 Å². The van der Waals surface area contributed by atoms with Crippen molar-refractivity contribution in [3.63, 3.8) is 0 Å². The molecule has 0 radical (unpaired) electrons. The molecule has 0 atom stereocenters. The van der Waals surface area contributed by atoms with Crippen LogP contribution in [-0.4, -0.2) is 18.1 Å². The summed E-state index contributed by atoms with van der Waals surface area (Å²) in [5, 5.41) is 12.0. The number of hydrogen-bond acceptors (Lipinski definition) is 3. The molecule has 0 saturated carbocycles. The van der Waals surface area contributed by atoms with E-state index >= 15 is 0 Å². The van der Waals surface area contributed by atoms with Crippen molar-refractivity contribution in [2.45, 2.75) is 0 Å². The minimum atomic E-state index is -0.565. The third-order valence-corrected chi connectivity index (χ3v) is 3.26. The third kappa shape index (κ3) is 3.37. The number of carbonyl (C=O) groups is 1. The van der Waals surface area contributed by atoms with Crippen molar-refractivity contribution in [2.24, 2.45) is 0 Å². The zero-order chi connectivity index (χ0) is 15.6. The fourth-order valence-electron chi connectivity index (χ4n) is 1.64. The fourth-order valence-corrected chi connectivity index (χ4v) is 2.13. The lowest BCUT2D eigenvalue weighted by Gasteiger charge is -2.09. The summed E-state index contributed by atoms with van der Waals surface area (Å²) in [6, 6.07) is 6.42. The van der Waals surface area contributed by atoms with Gasteiger partial charge in [0.1, 0.15) is 0 Å². The Labute approximate surface area is 130 Å². The van der Waals surface area contributed by atoms with E-state index in [4.69, 9.17) is 27.9 Å². The van der Waals surface area contributed by atoms with E-state index in [0.717, 1.165) is 6.07 Å². The van der Waals surface area contributed by atoms with Crippen LogP contribution in [-0.2, 0) is 0 Å². The molecule has 0 aliphatic carbocycles. The van der Waals surface area contributed by atoms with Crippen LogP contribution >= 0.6 is 23.2 Å². The fraction of sp³-hybridized carbons (Fsp3) is 0.0714. The Balaban J connectivity index is 2.26. The van der Waals surface area contributed by atoms with Crippen molar-refractivity contribution in [2.75, 3.05) is 12.4 Å². The topological polar surface area (TPSA) is 58.6 Å². The Hall–Kier alpha value is -1.98. The summed E-state index contributed by atoms with van der Waals surface area (Å²) < 4.78 is 18.1. The molecule has 2 aromatic rings. The number of nitrogens with one attached hydrogen (secondary N) is 1. The highest BCUT2D eigenvalue weighted by Crippen LogP contribution is 2.34. The van der Waals surface area contributed by atoms with E-state index in [1.54, 1.807) is 0 Å². The number of phenolic OH excluding ortho intramolecular Hbond substituents is 1. The molecule has 1 amide bonds. The predicted molar refractivity (Wildman–Crippen MR) is 79.0 cm³/mol. The van der Waals surface area contributed by atoms with Crippen molar-refractivity contribution in [3.8, 4) is 11.5 Å². The highest BCUT2D eigenvalue weighted by molar-refractivity contribution is 6.37. The molecule has 110 valence electrons. The molecule has 0 aliphatic heterocycles. The Kier molecular flexibility index (Phi) is 4.55. The van der Waals surface area contributed by atoms with Crippen LogP contribution in [0, 0.1) is 5.82 Å². The Morgan fingerprint density at radius 3 is 2.43 bits per heavy atom. The summed E-state index contributed by atoms with van der Waals surface area (Å²) in [6.45, 7) is 0. The number of aromatic hydroxyl groups is 1. The lowest BCUT2D eigenvalue weighted by molar-refractivity contribution is 0.102. The molecule has 7 heteroatoms. The van der Waals surface area contributed by atoms with Crippen molar-refractivity contribution >= 4 is 34.8 Å². The molecule has 0 aromatic heterocycles. The lowest BCUT2D eigenvalue weighted by atomic mass is 10.2. The van der Waals surface area contributed by atoms with Gasteiger partial charge in [0, 0.05) is 11.3 Å². The van der Waals surface area contributed by atoms with Gasteiger partial charge < -0.3 is 15.2 Å². The van der Waals surface area contributed by atoms with Gasteiger partial charge in [-0.3, -0.25) is 4.79 Å². The Morgan fingerprint density at radius 2 is 1.86 bits per heavy atom. The van der Waals surface area contributed by atoms with Gasteiger partial charge in [-0.05, 0) is 30.3 Å². The zero-order valence-electron chi connectivity index (χ0n) is 10.8. The number of benzene rings is 2. The molecule has 0 aliphatic rings. The van der Waals surface area contributed by atoms with Crippen LogP contribution in [0.4, 0.5) is 10.1 Å². The predicted octanol–water partition coefficient (Wildman–Crippen LogP) is 4.10. The summed E-state index contributed by atoms with van der Waals surface area (Å²) in [5.74, 6) is -1.36. The van der Waals surface area contributed by atoms with Gasteiger partial charge in [0.15, 0.2) is 17.3 Å². The zero-order valence-corrected chi connectivity index (χ0v) is 12.3. The second-order valence-corrected chi connectivity index (χ2v) is 4.91. The number of phenols is 1. The highest BCUT2D eigenvalue weighted by atomic mass is 35.5. The van der Waals surface area contributed by atoms with Crippen LogP contribution in [0.2, 0.25) is 10.0 Å². The molecule has 2 aromatic carbocycles. The second kappa shape index (κ2) is 6.20. The maximum absolute atomic E-state index is 13.3. The van der Waals surface area contributed by atoms with E-state index in [0.29, 0.717) is 5.69 Å². The van der Waals surface area contributed by atoms with Crippen molar-refractivity contribution < 1.29 is 19.0 Å². The number of hydrogen-bond donors (Lipinski definition) is 2. The Bertz CT molecular complexity index is 684. The van der Waals surface area contributed by atoms with E-state index in [2.05, 4.69) is 5.32 Å². The van der Waals surface area contributed by atoms with E-state index < -0.39 is 11.7 Å². The van der Waals surface area contributed by atoms with Crippen molar-refractivity contribution in [1.29, 1.82) is 0 Å². The first-order valence-electron chi connectivity index (χ1n) is 5.75. The SMILES string of the molecule is COc1cc(C(=O)Nc2cc(Cl)c(O)c(Cl)c2)ccc1F. The van der Waals surface area contributed by atoms with Gasteiger partial charge in [0.05, 0.1) is 17.2 Å². The number of methoxy groups -OCH3 is 1. The number of anilines is 1. The first-order valence-corrected chi connectivity index (χ1v) is 6.51. The molecule has 0 unspecified atom stereocenters. The van der Waals surface area contributed by atoms with Crippen molar-refractivity contribution in [3.05, 3.63) is 51.8 Å². The number of ether oxygens (including phenoxy) is 1. The normalized spacial score (nSPS) is 10.3. The standard InChI is InChI=1S/C14H10Cl2FNO3/c1-21-12-4-7(2-3-11(12)17)14(20)18-8-5-9(15)13(19)10(16)6-8/h2-6,19H,1H3,(H,18,20). The average Bonchev–Trinajstić information content (AvgIpc) is 2.45. The van der Waals surface area contributed by atoms with E-state index in [9.17, 15) is 14.3 Å². The van der Waals surface area contributed by atoms with Crippen LogP contribution in [0.25, 0.3) is 0 Å². The molecule has 2 rings (SSSR count). The van der Waals surface area contributed by atoms with E-state index in [1.165, 1.54) is 31.4 Å². The van der Waals surface area contributed by atoms with Gasteiger partial charge in [-0.15, -0.1) is 0 Å². The lowest BCUT2D eigenvalue weighted by Crippen LogP contribution is -2.12. The monoisotopic (exact) mass is 329 g/mol. The molecular formula is C14H10Cl2FNO3. The summed E-state index contributed by atoms with van der Waals surface area (Å²) in [7, 11) is 1.31. The minimum Gasteiger partial charge on any atom is -0.505 e. The van der Waals surface area contributed by atoms with E-state index in [1.807, 2.05) is 0 Å². The van der Waals surface area contributed by atoms with Gasteiger partial charge in [0.2, 0.25) is 0 Å². The molecule has 0 saturated heterocycles. The number of halogens is 3. The van der Waals surface area contributed by atoms with Crippen LogP contribution in [0.1, 0.15) is 10.4 Å². The van der Waals surface area contributed by atoms with Gasteiger partial charge in [0.25, 0.3) is 5.91 Å². The molecule has 0 bridgehead atoms. The first kappa shape index (κ1) is 15.4. The van der Waals surface area contributed by atoms with Gasteiger partial charge in [-0.25, -0.2) is 4.39 Å². The summed E-state index contributed by atoms with van der Waals surface area (Å²) in [4.78, 5) is 12.1. The summed E-state index contributed by atoms with van der Waals surface area (Å²) in [5.41, 5.74) is 0.504. The number of amides is 1. The maximum atomic E-state index is 13.3. The number of rotatable bonds is 3. The molecule has 4 nitrogen and oxygen atoms in total. The number of carbonyl (C=O) groups excluding carboxylic acids is 1. The van der Waals surface area contributed by atoms with E-state index in [-0.39, 0.29) is 27.1 Å². The highest BCUT2D eigenvalue weighted by Gasteiger charge is 2.12. The molecule has 0 spiro atoms. The molecular weight excluding hydrogens is 320 g/mol. The molecule has 0 fully saturated rings. The summed E-state index contributed by atoms with van der Waals surface area (Å²) in [6.07, 6.45) is 0. The van der Waals surface area contributed by atoms with Gasteiger partial charge >= 0.3 is 0 Å². The second-order valence-electron chi connectivity index (χ2n) is 4.09. The smallest absolute Gasteiger partial charge is 0.255 e. The molecule has 21 heavy (non-hydrogen) atoms. The van der Waals surface area contributed by atoms with Crippen LogP contribution < -0.4 is 10.1 Å². The maximum Gasteiger partial charge on any atom is 0.255 e. The van der Waals surface area contributed by atoms with Crippen molar-refractivity contribution in [1.82, 2.24) is 0 Å². The average molecular weight is 330 g/mol. The largest absolute Gasteiger partial charge is 0.505 e. The summed E-state index contributed by atoms with van der Waals surface area (Å²) >= 11 is 11.5. The quantitative estimate of drug-likeness (QED) is 0.833. The van der Waals surface area contributed by atoms with Crippen LogP contribution in [0.3, 0.4) is 0 Å². The molecule has 2 N–H and O–H groups in total. The van der Waals surface area contributed by atoms with Gasteiger partial charge in [-0.1, -0.05) is 23.2 Å². The minimum absolute atomic E-state index is 0.00878. The first-order chi connectivity index (χ1) is 9.92. The third-order valence-electron chi connectivity index (χ3n) is 2.69. The van der Waals surface area contributed by atoms with Crippen LogP contribution in [0.5, 0.6) is 11.5 Å². The Morgan fingerprint density at radius 1 is 1.24 bits per heavy atom.